The molecule has 0 saturated carbocycles. The summed E-state index contributed by atoms with van der Waals surface area (Å²) in [6.45, 7) is 1.92. The molecule has 4 nitrogen and oxygen atoms in total. The molecule has 2 rings (SSSR count). The molecule has 18 heavy (non-hydrogen) atoms. The molecule has 0 fully saturated rings. The van der Waals surface area contributed by atoms with Crippen molar-refractivity contribution < 1.29 is 9.18 Å². The number of aromatic nitrogens is 2. The summed E-state index contributed by atoms with van der Waals surface area (Å²) in [7, 11) is 0. The second-order valence-electron chi connectivity index (χ2n) is 3.97. The zero-order valence-electron chi connectivity index (χ0n) is 10.0. The van der Waals surface area contributed by atoms with Crippen molar-refractivity contribution >= 4 is 5.91 Å². The summed E-state index contributed by atoms with van der Waals surface area (Å²) in [4.78, 5) is 11.8. The number of carbonyl (C=O) groups excluding carboxylic acids is 1. The van der Waals surface area contributed by atoms with E-state index in [9.17, 15) is 9.18 Å². The maximum atomic E-state index is 13.3. The molecule has 1 atom stereocenters. The fourth-order valence-electron chi connectivity index (χ4n) is 1.60. The Labute approximate surface area is 104 Å². The second-order valence-corrected chi connectivity index (χ2v) is 3.97. The van der Waals surface area contributed by atoms with Gasteiger partial charge in [-0.2, -0.15) is 5.10 Å². The van der Waals surface area contributed by atoms with Gasteiger partial charge in [0.1, 0.15) is 11.9 Å². The Kier molecular flexibility index (Phi) is 3.72. The van der Waals surface area contributed by atoms with Crippen LogP contribution in [-0.2, 0) is 11.3 Å². The van der Waals surface area contributed by atoms with Crippen LogP contribution in [0.2, 0.25) is 0 Å². The number of rotatable bonds is 4. The van der Waals surface area contributed by atoms with Crippen molar-refractivity contribution in [2.75, 3.05) is 0 Å². The summed E-state index contributed by atoms with van der Waals surface area (Å²) in [6.07, 6.45) is 3.33. The molecule has 0 radical (unpaired) electrons. The highest BCUT2D eigenvalue weighted by Gasteiger charge is 2.14. The highest BCUT2D eigenvalue weighted by Crippen LogP contribution is 2.07. The van der Waals surface area contributed by atoms with Crippen LogP contribution in [0.25, 0.3) is 0 Å². The Bertz CT molecular complexity index is 525. The average molecular weight is 247 g/mol. The van der Waals surface area contributed by atoms with E-state index < -0.39 is 6.04 Å². The maximum absolute atomic E-state index is 13.3. The molecule has 1 unspecified atom stereocenters. The number of nitrogens with zero attached hydrogens (tertiary/aromatic N) is 2. The Morgan fingerprint density at radius 1 is 1.44 bits per heavy atom. The number of benzene rings is 1. The highest BCUT2D eigenvalue weighted by molar-refractivity contribution is 5.79. The van der Waals surface area contributed by atoms with Crippen molar-refractivity contribution in [2.24, 2.45) is 0 Å². The molecule has 94 valence electrons. The van der Waals surface area contributed by atoms with Gasteiger partial charge in [-0.05, 0) is 19.1 Å². The first-order valence-electron chi connectivity index (χ1n) is 5.68. The van der Waals surface area contributed by atoms with E-state index in [1.165, 1.54) is 6.07 Å². The van der Waals surface area contributed by atoms with Crippen LogP contribution in [0.1, 0.15) is 18.5 Å². The van der Waals surface area contributed by atoms with Gasteiger partial charge in [-0.1, -0.05) is 18.2 Å². The number of halogens is 1. The van der Waals surface area contributed by atoms with Crippen LogP contribution in [0.15, 0.2) is 42.7 Å². The summed E-state index contributed by atoms with van der Waals surface area (Å²) in [5.41, 5.74) is 0.471. The van der Waals surface area contributed by atoms with Gasteiger partial charge in [0.15, 0.2) is 0 Å². The number of hydrogen-bond acceptors (Lipinski definition) is 2. The van der Waals surface area contributed by atoms with Gasteiger partial charge in [0.2, 0.25) is 5.91 Å². The molecule has 1 N–H and O–H groups in total. The van der Waals surface area contributed by atoms with Crippen molar-refractivity contribution in [3.63, 3.8) is 0 Å². The fraction of sp³-hybridized carbons (Fsp3) is 0.231. The van der Waals surface area contributed by atoms with Crippen LogP contribution >= 0.6 is 0 Å². The first-order chi connectivity index (χ1) is 8.68. The SMILES string of the molecule is CC(C(=O)NCc1ccccc1F)n1cccn1. The van der Waals surface area contributed by atoms with E-state index in [0.717, 1.165) is 0 Å². The number of nitrogens with one attached hydrogen (secondary N) is 1. The molecule has 2 aromatic rings. The first-order valence-corrected chi connectivity index (χ1v) is 5.68. The number of carbonyl (C=O) groups is 1. The van der Waals surface area contributed by atoms with Gasteiger partial charge >= 0.3 is 0 Å². The third kappa shape index (κ3) is 2.74. The molecule has 0 spiro atoms. The van der Waals surface area contributed by atoms with Crippen LogP contribution in [0, 0.1) is 5.82 Å². The molecule has 5 heteroatoms. The van der Waals surface area contributed by atoms with Gasteiger partial charge in [-0.25, -0.2) is 4.39 Å². The Balaban J connectivity index is 1.95. The van der Waals surface area contributed by atoms with Crippen molar-refractivity contribution in [3.8, 4) is 0 Å². The van der Waals surface area contributed by atoms with Crippen molar-refractivity contribution in [1.29, 1.82) is 0 Å². The van der Waals surface area contributed by atoms with Gasteiger partial charge < -0.3 is 5.32 Å². The number of amides is 1. The van der Waals surface area contributed by atoms with Crippen LogP contribution in [0.5, 0.6) is 0 Å². The summed E-state index contributed by atoms with van der Waals surface area (Å²) in [5, 5.41) is 6.68. The highest BCUT2D eigenvalue weighted by atomic mass is 19.1. The van der Waals surface area contributed by atoms with E-state index in [1.54, 1.807) is 48.3 Å². The quantitative estimate of drug-likeness (QED) is 0.897. The molecule has 1 aromatic heterocycles. The van der Waals surface area contributed by atoms with Crippen LogP contribution < -0.4 is 5.32 Å². The molecule has 0 aliphatic heterocycles. The topological polar surface area (TPSA) is 46.9 Å². The standard InChI is InChI=1S/C13H14FN3O/c1-10(17-8-4-7-16-17)13(18)15-9-11-5-2-3-6-12(11)14/h2-8,10H,9H2,1H3,(H,15,18). The van der Waals surface area contributed by atoms with Gasteiger partial charge in [0, 0.05) is 24.5 Å². The summed E-state index contributed by atoms with van der Waals surface area (Å²) < 4.78 is 14.9. The smallest absolute Gasteiger partial charge is 0.244 e. The van der Waals surface area contributed by atoms with Crippen LogP contribution in [-0.4, -0.2) is 15.7 Å². The number of hydrogen-bond donors (Lipinski definition) is 1. The fourth-order valence-corrected chi connectivity index (χ4v) is 1.60. The van der Waals surface area contributed by atoms with E-state index >= 15 is 0 Å². The summed E-state index contributed by atoms with van der Waals surface area (Å²) in [6, 6.07) is 7.72. The molecule has 1 amide bonds. The minimum atomic E-state index is -0.410. The Morgan fingerprint density at radius 3 is 2.89 bits per heavy atom. The minimum absolute atomic E-state index is 0.178. The van der Waals surface area contributed by atoms with Gasteiger partial charge in [0.25, 0.3) is 0 Å². The third-order valence-corrected chi connectivity index (χ3v) is 2.71. The van der Waals surface area contributed by atoms with Gasteiger partial charge in [0.05, 0.1) is 0 Å². The summed E-state index contributed by atoms with van der Waals surface area (Å²) in [5.74, 6) is -0.508. The molecule has 1 aromatic carbocycles. The van der Waals surface area contributed by atoms with E-state index in [4.69, 9.17) is 0 Å². The third-order valence-electron chi connectivity index (χ3n) is 2.71. The molecular weight excluding hydrogens is 233 g/mol. The lowest BCUT2D eigenvalue weighted by atomic mass is 10.2. The Hall–Kier alpha value is -2.17. The normalized spacial score (nSPS) is 12.1. The monoisotopic (exact) mass is 247 g/mol. The van der Waals surface area contributed by atoms with Crippen molar-refractivity contribution in [2.45, 2.75) is 19.5 Å². The molecule has 0 aliphatic carbocycles. The minimum Gasteiger partial charge on any atom is -0.350 e. The maximum Gasteiger partial charge on any atom is 0.244 e. The largest absolute Gasteiger partial charge is 0.350 e. The molecule has 1 heterocycles. The zero-order chi connectivity index (χ0) is 13.0. The predicted octanol–water partition coefficient (Wildman–Crippen LogP) is 1.90. The predicted molar refractivity (Wildman–Crippen MR) is 65.2 cm³/mol. The van der Waals surface area contributed by atoms with E-state index in [0.29, 0.717) is 5.56 Å². The second kappa shape index (κ2) is 5.44. The average Bonchev–Trinajstić information content (AvgIpc) is 2.90. The molecule has 0 bridgehead atoms. The van der Waals surface area contributed by atoms with Crippen molar-refractivity contribution in [1.82, 2.24) is 15.1 Å². The molecular formula is C13H14FN3O. The van der Waals surface area contributed by atoms with E-state index in [-0.39, 0.29) is 18.3 Å². The lowest BCUT2D eigenvalue weighted by molar-refractivity contribution is -0.124. The zero-order valence-corrected chi connectivity index (χ0v) is 10.0. The summed E-state index contributed by atoms with van der Waals surface area (Å²) >= 11 is 0. The van der Waals surface area contributed by atoms with Crippen LogP contribution in [0.3, 0.4) is 0 Å². The molecule has 0 aliphatic rings. The lowest BCUT2D eigenvalue weighted by Crippen LogP contribution is -2.31. The lowest BCUT2D eigenvalue weighted by Gasteiger charge is -2.12. The van der Waals surface area contributed by atoms with Crippen molar-refractivity contribution in [3.05, 3.63) is 54.1 Å². The van der Waals surface area contributed by atoms with Gasteiger partial charge in [-0.15, -0.1) is 0 Å². The first kappa shape index (κ1) is 12.3. The van der Waals surface area contributed by atoms with Gasteiger partial charge in [-0.3, -0.25) is 9.48 Å². The van der Waals surface area contributed by atoms with E-state index in [1.807, 2.05) is 0 Å². The van der Waals surface area contributed by atoms with Crippen LogP contribution in [0.4, 0.5) is 4.39 Å². The van der Waals surface area contributed by atoms with E-state index in [2.05, 4.69) is 10.4 Å². The Morgan fingerprint density at radius 2 is 2.22 bits per heavy atom. The molecule has 0 saturated heterocycles.